The molecule has 2 fully saturated rings. The summed E-state index contributed by atoms with van der Waals surface area (Å²) in [5, 5.41) is 3.08. The zero-order valence-corrected chi connectivity index (χ0v) is 19.1. The van der Waals surface area contributed by atoms with Crippen LogP contribution in [0.3, 0.4) is 0 Å². The average Bonchev–Trinajstić information content (AvgIpc) is 3.48. The molecule has 4 rings (SSSR count). The van der Waals surface area contributed by atoms with Crippen molar-refractivity contribution in [1.29, 1.82) is 0 Å². The highest BCUT2D eigenvalue weighted by Crippen LogP contribution is 2.28. The molecule has 0 unspecified atom stereocenters. The van der Waals surface area contributed by atoms with E-state index < -0.39 is 10.0 Å². The van der Waals surface area contributed by atoms with Gasteiger partial charge in [-0.25, -0.2) is 8.42 Å². The van der Waals surface area contributed by atoms with Gasteiger partial charge in [0.05, 0.1) is 5.02 Å². The Kier molecular flexibility index (Phi) is 6.96. The van der Waals surface area contributed by atoms with Crippen molar-refractivity contribution in [3.05, 3.63) is 64.2 Å². The molecule has 8 heteroatoms. The number of nitrogens with zero attached hydrogens (tertiary/aromatic N) is 2. The predicted molar refractivity (Wildman–Crippen MR) is 122 cm³/mol. The number of amides is 1. The molecule has 2 aromatic rings. The number of hydrogen-bond acceptors (Lipinski definition) is 4. The molecule has 166 valence electrons. The Balaban J connectivity index is 1.47. The first-order chi connectivity index (χ1) is 14.9. The van der Waals surface area contributed by atoms with Gasteiger partial charge >= 0.3 is 0 Å². The van der Waals surface area contributed by atoms with E-state index in [9.17, 15) is 13.2 Å². The van der Waals surface area contributed by atoms with E-state index in [1.165, 1.54) is 34.8 Å². The zero-order chi connectivity index (χ0) is 21.8. The average molecular weight is 462 g/mol. The van der Waals surface area contributed by atoms with E-state index in [4.69, 9.17) is 11.6 Å². The summed E-state index contributed by atoms with van der Waals surface area (Å²) in [7, 11) is -3.70. The Morgan fingerprint density at radius 1 is 0.935 bits per heavy atom. The van der Waals surface area contributed by atoms with Crippen molar-refractivity contribution in [2.24, 2.45) is 0 Å². The van der Waals surface area contributed by atoms with Gasteiger partial charge in [-0.15, -0.1) is 0 Å². The molecule has 2 heterocycles. The monoisotopic (exact) mass is 461 g/mol. The van der Waals surface area contributed by atoms with Crippen LogP contribution in [0.1, 0.15) is 47.2 Å². The topological polar surface area (TPSA) is 69.7 Å². The van der Waals surface area contributed by atoms with Crippen molar-refractivity contribution < 1.29 is 13.2 Å². The first-order valence-corrected chi connectivity index (χ1v) is 12.6. The lowest BCUT2D eigenvalue weighted by Crippen LogP contribution is -2.29. The molecule has 0 saturated carbocycles. The minimum atomic E-state index is -3.70. The van der Waals surface area contributed by atoms with Crippen molar-refractivity contribution in [1.82, 2.24) is 14.5 Å². The second-order valence-corrected chi connectivity index (χ2v) is 10.5. The number of halogens is 1. The Hall–Kier alpha value is -1.93. The molecule has 1 N–H and O–H groups in total. The van der Waals surface area contributed by atoms with Crippen molar-refractivity contribution in [2.45, 2.75) is 43.7 Å². The minimum absolute atomic E-state index is 0.00171. The normalized spacial score (nSPS) is 17.8. The molecule has 2 aromatic carbocycles. The van der Waals surface area contributed by atoms with Gasteiger partial charge in [0.25, 0.3) is 5.91 Å². The minimum Gasteiger partial charge on any atom is -0.348 e. The Morgan fingerprint density at radius 3 is 2.29 bits per heavy atom. The lowest BCUT2D eigenvalue weighted by atomic mass is 10.1. The van der Waals surface area contributed by atoms with Gasteiger partial charge in [-0.2, -0.15) is 4.31 Å². The summed E-state index contributed by atoms with van der Waals surface area (Å²) in [5.74, 6) is -0.314. The summed E-state index contributed by atoms with van der Waals surface area (Å²) in [6.45, 7) is 4.47. The number of sulfonamides is 1. The molecule has 0 aromatic heterocycles. The van der Waals surface area contributed by atoms with Crippen LogP contribution in [0.15, 0.2) is 47.4 Å². The van der Waals surface area contributed by atoms with Gasteiger partial charge in [0.15, 0.2) is 0 Å². The third-order valence-electron chi connectivity index (χ3n) is 6.03. The van der Waals surface area contributed by atoms with Crippen LogP contribution in [0.2, 0.25) is 5.02 Å². The van der Waals surface area contributed by atoms with E-state index in [1.54, 1.807) is 6.07 Å². The summed E-state index contributed by atoms with van der Waals surface area (Å²) in [6.07, 6.45) is 4.15. The lowest BCUT2D eigenvalue weighted by Gasteiger charge is -2.18. The number of carbonyl (C=O) groups excluding carboxylic acids is 1. The van der Waals surface area contributed by atoms with E-state index >= 15 is 0 Å². The highest BCUT2D eigenvalue weighted by Gasteiger charge is 2.29. The highest BCUT2D eigenvalue weighted by molar-refractivity contribution is 7.89. The fourth-order valence-corrected chi connectivity index (χ4v) is 6.27. The number of benzene rings is 2. The highest BCUT2D eigenvalue weighted by atomic mass is 35.5. The standard InChI is InChI=1S/C23H28ClN3O3S/c24-21-10-9-18(15-22(21)31(29,30)27-13-5-6-14-27)23(28)25-16-19-7-1-2-8-20(19)17-26-11-3-4-12-26/h1-2,7-10,15H,3-6,11-14,16-17H2,(H,25,28). The SMILES string of the molecule is O=C(NCc1ccccc1CN1CCCC1)c1ccc(Cl)c(S(=O)(=O)N2CCCC2)c1. The smallest absolute Gasteiger partial charge is 0.251 e. The molecule has 0 aliphatic carbocycles. The number of nitrogens with one attached hydrogen (secondary N) is 1. The molecule has 1 amide bonds. The van der Waals surface area contributed by atoms with Gasteiger partial charge in [0, 0.05) is 31.7 Å². The maximum Gasteiger partial charge on any atom is 0.251 e. The van der Waals surface area contributed by atoms with Crippen LogP contribution in [0, 0.1) is 0 Å². The third-order valence-corrected chi connectivity index (χ3v) is 8.41. The second-order valence-electron chi connectivity index (χ2n) is 8.19. The summed E-state index contributed by atoms with van der Waals surface area (Å²) in [4.78, 5) is 15.2. The number of carbonyl (C=O) groups is 1. The fourth-order valence-electron chi connectivity index (χ4n) is 4.25. The van der Waals surface area contributed by atoms with Gasteiger partial charge in [0.1, 0.15) is 4.90 Å². The second kappa shape index (κ2) is 9.69. The fraction of sp³-hybridized carbons (Fsp3) is 0.435. The first kappa shape index (κ1) is 22.3. The lowest BCUT2D eigenvalue weighted by molar-refractivity contribution is 0.0950. The molecule has 31 heavy (non-hydrogen) atoms. The molecule has 2 aliphatic heterocycles. The van der Waals surface area contributed by atoms with E-state index in [2.05, 4.69) is 16.3 Å². The van der Waals surface area contributed by atoms with Crippen LogP contribution < -0.4 is 5.32 Å². The molecule has 2 aliphatic rings. The van der Waals surface area contributed by atoms with Crippen molar-refractivity contribution in [3.63, 3.8) is 0 Å². The maximum absolute atomic E-state index is 12.9. The van der Waals surface area contributed by atoms with Crippen LogP contribution in [-0.4, -0.2) is 49.7 Å². The van der Waals surface area contributed by atoms with Gasteiger partial charge in [-0.3, -0.25) is 9.69 Å². The summed E-state index contributed by atoms with van der Waals surface area (Å²) in [5.41, 5.74) is 2.57. The predicted octanol–water partition coefficient (Wildman–Crippen LogP) is 3.65. The number of likely N-dealkylation sites (tertiary alicyclic amines) is 1. The van der Waals surface area contributed by atoms with Crippen LogP contribution in [0.4, 0.5) is 0 Å². The van der Waals surface area contributed by atoms with E-state index in [-0.39, 0.29) is 15.8 Å². The van der Waals surface area contributed by atoms with Crippen molar-refractivity contribution >= 4 is 27.5 Å². The molecule has 0 atom stereocenters. The quantitative estimate of drug-likeness (QED) is 0.683. The van der Waals surface area contributed by atoms with Crippen molar-refractivity contribution in [3.8, 4) is 0 Å². The van der Waals surface area contributed by atoms with E-state index in [0.29, 0.717) is 25.2 Å². The Morgan fingerprint density at radius 2 is 1.58 bits per heavy atom. The Labute approximate surface area is 189 Å². The molecule has 0 bridgehead atoms. The number of hydrogen-bond donors (Lipinski definition) is 1. The first-order valence-electron chi connectivity index (χ1n) is 10.8. The van der Waals surface area contributed by atoms with Crippen LogP contribution in [-0.2, 0) is 23.1 Å². The van der Waals surface area contributed by atoms with Crippen LogP contribution in [0.25, 0.3) is 0 Å². The van der Waals surface area contributed by atoms with Crippen molar-refractivity contribution in [2.75, 3.05) is 26.2 Å². The zero-order valence-electron chi connectivity index (χ0n) is 17.5. The molecular weight excluding hydrogens is 434 g/mol. The summed E-state index contributed by atoms with van der Waals surface area (Å²) < 4.78 is 27.3. The number of rotatable bonds is 7. The summed E-state index contributed by atoms with van der Waals surface area (Å²) >= 11 is 6.20. The van der Waals surface area contributed by atoms with Gasteiger partial charge in [0.2, 0.25) is 10.0 Å². The molecule has 0 radical (unpaired) electrons. The molecular formula is C23H28ClN3O3S. The third kappa shape index (κ3) is 5.12. The van der Waals surface area contributed by atoms with Gasteiger partial charge in [-0.05, 0) is 68.1 Å². The molecule has 2 saturated heterocycles. The molecule has 6 nitrogen and oxygen atoms in total. The van der Waals surface area contributed by atoms with E-state index in [0.717, 1.165) is 38.0 Å². The van der Waals surface area contributed by atoms with Gasteiger partial charge < -0.3 is 5.32 Å². The Bertz CT molecular complexity index is 1050. The molecule has 0 spiro atoms. The maximum atomic E-state index is 12.9. The van der Waals surface area contributed by atoms with Crippen LogP contribution >= 0.6 is 11.6 Å². The van der Waals surface area contributed by atoms with Crippen LogP contribution in [0.5, 0.6) is 0 Å². The van der Waals surface area contributed by atoms with E-state index in [1.807, 2.05) is 18.2 Å². The largest absolute Gasteiger partial charge is 0.348 e. The summed E-state index contributed by atoms with van der Waals surface area (Å²) in [6, 6.07) is 12.6. The van der Waals surface area contributed by atoms with Gasteiger partial charge in [-0.1, -0.05) is 35.9 Å².